The maximum absolute atomic E-state index is 13.1. The number of carbonyl (C=O) groups excluding carboxylic acids is 1. The summed E-state index contributed by atoms with van der Waals surface area (Å²) in [5, 5.41) is 12.6. The third-order valence-corrected chi connectivity index (χ3v) is 7.00. The molecule has 1 aliphatic heterocycles. The van der Waals surface area contributed by atoms with Gasteiger partial charge in [-0.1, -0.05) is 53.6 Å². The Labute approximate surface area is 179 Å². The smallest absolute Gasteiger partial charge is 0.265 e. The van der Waals surface area contributed by atoms with Crippen LogP contribution < -0.4 is 0 Å². The first kappa shape index (κ1) is 20.1. The van der Waals surface area contributed by atoms with Crippen molar-refractivity contribution in [2.45, 2.75) is 32.3 Å². The van der Waals surface area contributed by atoms with E-state index in [0.717, 1.165) is 21.8 Å². The summed E-state index contributed by atoms with van der Waals surface area (Å²) >= 11 is 7.40. The monoisotopic (exact) mass is 426 g/mol. The lowest BCUT2D eigenvalue weighted by atomic mass is 9.84. The zero-order valence-corrected chi connectivity index (χ0v) is 18.1. The van der Waals surface area contributed by atoms with Crippen molar-refractivity contribution in [1.29, 1.82) is 0 Å². The maximum Gasteiger partial charge on any atom is 0.265 e. The minimum absolute atomic E-state index is 0.00322. The first-order valence-electron chi connectivity index (χ1n) is 9.68. The van der Waals surface area contributed by atoms with Crippen LogP contribution in [0.5, 0.6) is 0 Å². The Morgan fingerprint density at radius 3 is 2.31 bits per heavy atom. The van der Waals surface area contributed by atoms with Crippen LogP contribution in [0.15, 0.2) is 48.5 Å². The molecule has 0 radical (unpaired) electrons. The number of carbonyl (C=O) groups is 1. The molecule has 6 heteroatoms. The lowest BCUT2D eigenvalue weighted by Gasteiger charge is -2.38. The van der Waals surface area contributed by atoms with Gasteiger partial charge in [0.25, 0.3) is 5.91 Å². The van der Waals surface area contributed by atoms with E-state index in [0.29, 0.717) is 35.8 Å². The van der Waals surface area contributed by atoms with Crippen LogP contribution in [0, 0.1) is 13.8 Å². The molecule has 0 atom stereocenters. The molecule has 3 aromatic rings. The standard InChI is InChI=1S/C23H23ClN2O2S/c1-15-3-5-17(6-4-15)21-25-16(2)20(29-21)22(27)26-13-11-23(28,12-14-26)18-7-9-19(24)10-8-18/h3-10,28H,11-14H2,1-2H3. The summed E-state index contributed by atoms with van der Waals surface area (Å²) < 4.78 is 0. The van der Waals surface area contributed by atoms with Crippen LogP contribution in [-0.2, 0) is 5.60 Å². The number of hydrogen-bond acceptors (Lipinski definition) is 4. The Kier molecular flexibility index (Phi) is 5.47. The summed E-state index contributed by atoms with van der Waals surface area (Å²) in [6, 6.07) is 15.5. The molecule has 0 aliphatic carbocycles. The Hall–Kier alpha value is -2.21. The lowest BCUT2D eigenvalue weighted by Crippen LogP contribution is -2.45. The van der Waals surface area contributed by atoms with Gasteiger partial charge in [-0.3, -0.25) is 4.79 Å². The van der Waals surface area contributed by atoms with Gasteiger partial charge in [-0.05, 0) is 44.4 Å². The second-order valence-corrected chi connectivity index (χ2v) is 9.07. The van der Waals surface area contributed by atoms with Crippen molar-refractivity contribution >= 4 is 28.8 Å². The fourth-order valence-corrected chi connectivity index (χ4v) is 4.85. The summed E-state index contributed by atoms with van der Waals surface area (Å²) in [6.45, 7) is 4.95. The quantitative estimate of drug-likeness (QED) is 0.625. The molecule has 0 spiro atoms. The van der Waals surface area contributed by atoms with E-state index in [4.69, 9.17) is 11.6 Å². The third kappa shape index (κ3) is 4.08. The zero-order valence-electron chi connectivity index (χ0n) is 16.5. The number of benzene rings is 2. The van der Waals surface area contributed by atoms with Gasteiger partial charge in [-0.15, -0.1) is 11.3 Å². The van der Waals surface area contributed by atoms with Gasteiger partial charge in [0.05, 0.1) is 11.3 Å². The van der Waals surface area contributed by atoms with Gasteiger partial charge in [0.15, 0.2) is 0 Å². The molecule has 1 amide bonds. The zero-order chi connectivity index (χ0) is 20.6. The first-order chi connectivity index (χ1) is 13.9. The van der Waals surface area contributed by atoms with Gasteiger partial charge in [0.1, 0.15) is 9.88 Å². The molecule has 1 saturated heterocycles. The number of amides is 1. The van der Waals surface area contributed by atoms with Gasteiger partial charge in [0, 0.05) is 23.7 Å². The first-order valence-corrected chi connectivity index (χ1v) is 10.9. The number of halogens is 1. The van der Waals surface area contributed by atoms with Crippen LogP contribution in [0.2, 0.25) is 5.02 Å². The Balaban J connectivity index is 1.48. The number of piperidine rings is 1. The molecule has 0 unspecified atom stereocenters. The van der Waals surface area contributed by atoms with Crippen molar-refractivity contribution < 1.29 is 9.90 Å². The van der Waals surface area contributed by atoms with Crippen molar-refractivity contribution in [1.82, 2.24) is 9.88 Å². The molecule has 1 N–H and O–H groups in total. The van der Waals surface area contributed by atoms with E-state index in [1.807, 2.05) is 43.0 Å². The van der Waals surface area contributed by atoms with Crippen molar-refractivity contribution in [3.8, 4) is 10.6 Å². The summed E-state index contributed by atoms with van der Waals surface area (Å²) in [4.78, 5) is 20.2. The van der Waals surface area contributed by atoms with Crippen molar-refractivity contribution in [3.05, 3.63) is 75.3 Å². The predicted octanol–water partition coefficient (Wildman–Crippen LogP) is 5.20. The average Bonchev–Trinajstić information content (AvgIpc) is 3.10. The lowest BCUT2D eigenvalue weighted by molar-refractivity contribution is -0.0210. The van der Waals surface area contributed by atoms with Gasteiger partial charge < -0.3 is 10.0 Å². The highest BCUT2D eigenvalue weighted by molar-refractivity contribution is 7.17. The van der Waals surface area contributed by atoms with Crippen LogP contribution >= 0.6 is 22.9 Å². The highest BCUT2D eigenvalue weighted by Gasteiger charge is 2.36. The molecular weight excluding hydrogens is 404 g/mol. The van der Waals surface area contributed by atoms with Crippen LogP contribution in [0.3, 0.4) is 0 Å². The number of rotatable bonds is 3. The number of aliphatic hydroxyl groups is 1. The van der Waals surface area contributed by atoms with E-state index in [1.165, 1.54) is 16.9 Å². The van der Waals surface area contributed by atoms with E-state index in [2.05, 4.69) is 17.1 Å². The minimum Gasteiger partial charge on any atom is -0.385 e. The number of hydrogen-bond donors (Lipinski definition) is 1. The summed E-state index contributed by atoms with van der Waals surface area (Å²) in [5.74, 6) is -0.00322. The normalized spacial score (nSPS) is 16.1. The average molecular weight is 427 g/mol. The molecular formula is C23H23ClN2O2S. The Morgan fingerprint density at radius 2 is 1.69 bits per heavy atom. The predicted molar refractivity (Wildman–Crippen MR) is 118 cm³/mol. The third-order valence-electron chi connectivity index (χ3n) is 5.55. The number of aryl methyl sites for hydroxylation is 2. The fourth-order valence-electron chi connectivity index (χ4n) is 3.69. The minimum atomic E-state index is -0.919. The second kappa shape index (κ2) is 7.90. The number of aromatic nitrogens is 1. The molecule has 4 rings (SSSR count). The maximum atomic E-state index is 13.1. The largest absolute Gasteiger partial charge is 0.385 e. The van der Waals surface area contributed by atoms with E-state index in [-0.39, 0.29) is 5.91 Å². The van der Waals surface area contributed by atoms with Gasteiger partial charge in [-0.25, -0.2) is 4.98 Å². The van der Waals surface area contributed by atoms with Crippen molar-refractivity contribution in [3.63, 3.8) is 0 Å². The Bertz CT molecular complexity index is 1020. The van der Waals surface area contributed by atoms with Crippen LogP contribution in [-0.4, -0.2) is 34.0 Å². The van der Waals surface area contributed by atoms with Crippen LogP contribution in [0.1, 0.15) is 39.3 Å². The van der Waals surface area contributed by atoms with Gasteiger partial charge >= 0.3 is 0 Å². The number of thiazole rings is 1. The van der Waals surface area contributed by atoms with E-state index < -0.39 is 5.60 Å². The van der Waals surface area contributed by atoms with Crippen molar-refractivity contribution in [2.24, 2.45) is 0 Å². The fraction of sp³-hybridized carbons (Fsp3) is 0.304. The van der Waals surface area contributed by atoms with Crippen LogP contribution in [0.4, 0.5) is 0 Å². The summed E-state index contributed by atoms with van der Waals surface area (Å²) in [5.41, 5.74) is 2.91. The molecule has 0 bridgehead atoms. The highest BCUT2D eigenvalue weighted by atomic mass is 35.5. The van der Waals surface area contributed by atoms with Gasteiger partial charge in [-0.2, -0.15) is 0 Å². The molecule has 150 valence electrons. The molecule has 2 aromatic carbocycles. The molecule has 2 heterocycles. The Morgan fingerprint density at radius 1 is 1.07 bits per heavy atom. The molecule has 0 saturated carbocycles. The molecule has 4 nitrogen and oxygen atoms in total. The molecule has 29 heavy (non-hydrogen) atoms. The van der Waals surface area contributed by atoms with E-state index in [9.17, 15) is 9.90 Å². The summed E-state index contributed by atoms with van der Waals surface area (Å²) in [6.07, 6.45) is 1.01. The SMILES string of the molecule is Cc1ccc(-c2nc(C)c(C(=O)N3CCC(O)(c4ccc(Cl)cc4)CC3)s2)cc1. The van der Waals surface area contributed by atoms with E-state index in [1.54, 1.807) is 12.1 Å². The topological polar surface area (TPSA) is 53.4 Å². The number of nitrogens with zero attached hydrogens (tertiary/aromatic N) is 2. The molecule has 1 aromatic heterocycles. The van der Waals surface area contributed by atoms with Crippen molar-refractivity contribution in [2.75, 3.05) is 13.1 Å². The molecule has 1 fully saturated rings. The second-order valence-electron chi connectivity index (χ2n) is 7.63. The highest BCUT2D eigenvalue weighted by Crippen LogP contribution is 2.35. The number of likely N-dealkylation sites (tertiary alicyclic amines) is 1. The summed E-state index contributed by atoms with van der Waals surface area (Å²) in [7, 11) is 0. The van der Waals surface area contributed by atoms with Crippen LogP contribution in [0.25, 0.3) is 10.6 Å². The van der Waals surface area contributed by atoms with E-state index >= 15 is 0 Å². The van der Waals surface area contributed by atoms with Gasteiger partial charge in [0.2, 0.25) is 0 Å². The molecule has 1 aliphatic rings.